The number of cyclic esters (lactones) is 1. The summed E-state index contributed by atoms with van der Waals surface area (Å²) in [6, 6.07) is 12.7. The second-order valence-electron chi connectivity index (χ2n) is 24.9. The van der Waals surface area contributed by atoms with Crippen LogP contribution >= 0.6 is 0 Å². The van der Waals surface area contributed by atoms with Gasteiger partial charge in [-0.3, -0.25) is 14.9 Å². The molecule has 1 aromatic carbocycles. The highest BCUT2D eigenvalue weighted by atomic mass is 16.7. The Labute approximate surface area is 416 Å². The fraction of sp³-hybridized carbons (Fsp3) is 0.707. The lowest BCUT2D eigenvalue weighted by Gasteiger charge is -2.72. The molecular formula is C58H72N2O11. The number of furan rings is 1. The van der Waals surface area contributed by atoms with Crippen molar-refractivity contribution in [1.29, 1.82) is 0 Å². The van der Waals surface area contributed by atoms with Gasteiger partial charge < -0.3 is 44.0 Å². The molecule has 11 aliphatic rings. The Bertz CT molecular complexity index is 2570. The van der Waals surface area contributed by atoms with Gasteiger partial charge in [0, 0.05) is 59.3 Å². The molecule has 380 valence electrons. The quantitative estimate of drug-likeness (QED) is 0.0891. The molecule has 0 radical (unpaired) electrons. The molecular weight excluding hydrogens is 901 g/mol. The molecule has 0 unspecified atom stereocenters. The van der Waals surface area contributed by atoms with E-state index in [9.17, 15) is 20.1 Å². The second kappa shape index (κ2) is 16.3. The highest BCUT2D eigenvalue weighted by Crippen LogP contribution is 2.85. The zero-order chi connectivity index (χ0) is 48.9. The first-order valence-corrected chi connectivity index (χ1v) is 27.2. The molecule has 5 aliphatic heterocycles. The van der Waals surface area contributed by atoms with Gasteiger partial charge in [0.05, 0.1) is 48.4 Å². The fourth-order valence-electron chi connectivity index (χ4n) is 19.1. The minimum absolute atomic E-state index is 0.00828. The molecule has 13 heteroatoms. The van der Waals surface area contributed by atoms with Crippen molar-refractivity contribution in [3.8, 4) is 11.8 Å². The molecule has 9 fully saturated rings. The topological polar surface area (TPSA) is 189 Å². The number of aliphatic hydroxyl groups is 3. The van der Waals surface area contributed by atoms with Gasteiger partial charge in [-0.1, -0.05) is 74.1 Å². The lowest BCUT2D eigenvalue weighted by atomic mass is 9.30. The Hall–Kier alpha value is -3.87. The van der Waals surface area contributed by atoms with Gasteiger partial charge >= 0.3 is 11.9 Å². The summed E-state index contributed by atoms with van der Waals surface area (Å²) in [5.74, 6) is 5.11. The zero-order valence-electron chi connectivity index (χ0n) is 41.5. The summed E-state index contributed by atoms with van der Waals surface area (Å²) >= 11 is 0. The van der Waals surface area contributed by atoms with Crippen molar-refractivity contribution in [2.75, 3.05) is 26.4 Å². The van der Waals surface area contributed by atoms with Crippen molar-refractivity contribution in [2.24, 2.45) is 69.0 Å². The van der Waals surface area contributed by atoms with Crippen LogP contribution in [0.5, 0.6) is 0 Å². The number of carbonyl (C=O) groups is 3. The second-order valence-corrected chi connectivity index (χ2v) is 24.9. The largest absolute Gasteiger partial charge is 0.469 e. The molecule has 2 aromatic rings. The summed E-state index contributed by atoms with van der Waals surface area (Å²) in [6.07, 6.45) is 11.0. The average molecular weight is 973 g/mol. The summed E-state index contributed by atoms with van der Waals surface area (Å²) in [7, 11) is 0. The number of carbonyl (C=O) groups excluding carboxylic acids is 3. The van der Waals surface area contributed by atoms with Gasteiger partial charge in [-0.25, -0.2) is 4.79 Å². The van der Waals surface area contributed by atoms with Gasteiger partial charge in [-0.2, -0.15) is 0 Å². The van der Waals surface area contributed by atoms with E-state index in [1.165, 1.54) is 5.56 Å². The Morgan fingerprint density at radius 1 is 0.944 bits per heavy atom. The number of fused-ring (bicyclic) bond motifs is 2. The third kappa shape index (κ3) is 6.04. The van der Waals surface area contributed by atoms with Crippen molar-refractivity contribution in [3.63, 3.8) is 0 Å². The van der Waals surface area contributed by atoms with E-state index in [4.69, 9.17) is 23.4 Å². The van der Waals surface area contributed by atoms with Crippen LogP contribution in [0.1, 0.15) is 115 Å². The third-order valence-corrected chi connectivity index (χ3v) is 21.8. The highest BCUT2D eigenvalue weighted by Gasteiger charge is 2.95. The van der Waals surface area contributed by atoms with Crippen LogP contribution in [0.3, 0.4) is 0 Å². The van der Waals surface area contributed by atoms with Crippen LogP contribution in [-0.4, -0.2) is 101 Å². The number of ether oxygens (including phenoxy) is 4. The van der Waals surface area contributed by atoms with Gasteiger partial charge in [0.2, 0.25) is 0 Å². The smallest absolute Gasteiger partial charge is 0.339 e. The van der Waals surface area contributed by atoms with E-state index >= 15 is 9.59 Å². The van der Waals surface area contributed by atoms with Gasteiger partial charge in [-0.15, -0.1) is 0 Å². The van der Waals surface area contributed by atoms with E-state index in [0.717, 1.165) is 58.2 Å². The summed E-state index contributed by atoms with van der Waals surface area (Å²) in [4.78, 5) is 46.0. The molecule has 5 saturated heterocycles. The molecule has 13 nitrogen and oxygen atoms in total. The van der Waals surface area contributed by atoms with Gasteiger partial charge in [0.1, 0.15) is 24.1 Å². The number of allylic oxidation sites excluding steroid dienone is 1. The van der Waals surface area contributed by atoms with Crippen molar-refractivity contribution in [2.45, 2.75) is 158 Å². The van der Waals surface area contributed by atoms with Crippen LogP contribution in [0.4, 0.5) is 0 Å². The number of nitrogens with one attached hydrogen (secondary N) is 2. The number of hydrogen-bond donors (Lipinski definition) is 5. The molecule has 4 spiro atoms. The average Bonchev–Trinajstić information content (AvgIpc) is 3.88. The molecule has 6 heterocycles. The van der Waals surface area contributed by atoms with Crippen LogP contribution in [0.15, 0.2) is 59.2 Å². The van der Waals surface area contributed by atoms with Gasteiger partial charge in [0.15, 0.2) is 17.5 Å². The standard InChI is InChI=1S/C58H72N2O11/c1-52(2)46-45(63)47(64)57-40-27-34(26-33-10-5-4-6-11-33)13-14-36(40)12-9-23-56(39-20-25-67-43(39)28-38(42(62)30-61)35-15-17-37(18-16-35)41-29-59-32-60-41)53(3,58(57)48(69-58)49(65)70-56)24-19-44(57)55(46)31-68-51(66)54(50(55)71-52)21-7-8-22-54/h4-6,10-11,15,17,20,25,34-38,40-42,44,46-48,50,59-62,64H,7-8,13-14,16,18-19,21-24,26-32H2,1-3H3/t34-,35+,36-,37-,38-,40-,41-,42+,44+,46+,47+,48+,50-,53-,55+,56-,57-,58+/m0/s1. The van der Waals surface area contributed by atoms with E-state index < -0.39 is 93.2 Å². The van der Waals surface area contributed by atoms with Gasteiger partial charge in [-0.05, 0) is 119 Å². The van der Waals surface area contributed by atoms with E-state index in [2.05, 4.69) is 65.8 Å². The predicted octanol–water partition coefficient (Wildman–Crippen LogP) is 5.71. The van der Waals surface area contributed by atoms with E-state index in [-0.39, 0.29) is 54.9 Å². The number of benzene rings is 1. The number of esters is 2. The van der Waals surface area contributed by atoms with E-state index in [0.29, 0.717) is 55.4 Å². The Balaban J connectivity index is 0.985. The minimum atomic E-state index is -1.55. The monoisotopic (exact) mass is 973 g/mol. The van der Waals surface area contributed by atoms with Crippen molar-refractivity contribution >= 4 is 17.7 Å². The minimum Gasteiger partial charge on any atom is -0.469 e. The molecule has 71 heavy (non-hydrogen) atoms. The first-order chi connectivity index (χ1) is 34.2. The van der Waals surface area contributed by atoms with Crippen molar-refractivity contribution in [3.05, 3.63) is 71.7 Å². The first-order valence-electron chi connectivity index (χ1n) is 27.2. The molecule has 6 aliphatic carbocycles. The number of rotatable bonds is 9. The fourth-order valence-corrected chi connectivity index (χ4v) is 19.1. The SMILES string of the molecule is CC1(C)O[C@H]2C3(CCCC3)C(=O)OC[C@@]23[C@@H]1C(=O)[C@@H](O)[C@]12[C@@H]3CC[C@]3(C)[C@@]14O[C@@H]4C(=O)O[C@]3(c1ccoc1C[C@H]([C@H](O)CO)[C@@H]1C=C[C@H]([C@@H]3CNCN3)CC1)CC#C[C@H]1CC[C@@H](Cc3ccccc3)C[C@@H]12. The summed E-state index contributed by atoms with van der Waals surface area (Å²) in [5, 5.41) is 43.1. The molecule has 4 saturated carbocycles. The maximum Gasteiger partial charge on any atom is 0.339 e. The predicted molar refractivity (Wildman–Crippen MR) is 257 cm³/mol. The molecule has 18 atom stereocenters. The molecule has 13 rings (SSSR count). The number of aliphatic hydroxyl groups excluding tert-OH is 3. The van der Waals surface area contributed by atoms with Crippen LogP contribution in [0.2, 0.25) is 0 Å². The summed E-state index contributed by atoms with van der Waals surface area (Å²) < 4.78 is 34.7. The van der Waals surface area contributed by atoms with Crippen LogP contribution < -0.4 is 10.6 Å². The highest BCUT2D eigenvalue weighted by molar-refractivity contribution is 5.93. The van der Waals surface area contributed by atoms with E-state index in [1.54, 1.807) is 6.26 Å². The Morgan fingerprint density at radius 2 is 1.76 bits per heavy atom. The molecule has 4 bridgehead atoms. The normalized spacial score (nSPS) is 46.1. The van der Waals surface area contributed by atoms with Crippen LogP contribution in [-0.2, 0) is 51.8 Å². The first kappa shape index (κ1) is 46.9. The number of hydrogen-bond acceptors (Lipinski definition) is 13. The third-order valence-electron chi connectivity index (χ3n) is 21.8. The number of Topliss-reactive ketones (excluding diaryl/α,β-unsaturated/α-hetero) is 1. The van der Waals surface area contributed by atoms with E-state index in [1.807, 2.05) is 26.0 Å². The number of ketones is 1. The summed E-state index contributed by atoms with van der Waals surface area (Å²) in [6.45, 7) is 7.33. The van der Waals surface area contributed by atoms with Crippen molar-refractivity contribution < 1.29 is 53.1 Å². The lowest BCUT2D eigenvalue weighted by Crippen LogP contribution is -2.81. The lowest BCUT2D eigenvalue weighted by molar-refractivity contribution is -0.301. The van der Waals surface area contributed by atoms with Crippen LogP contribution in [0.25, 0.3) is 0 Å². The van der Waals surface area contributed by atoms with Crippen molar-refractivity contribution in [1.82, 2.24) is 10.6 Å². The maximum atomic E-state index is 16.2. The molecule has 0 amide bonds. The number of epoxide rings is 1. The molecule has 1 aromatic heterocycles. The molecule has 5 N–H and O–H groups in total. The maximum absolute atomic E-state index is 16.2. The summed E-state index contributed by atoms with van der Waals surface area (Å²) in [5.41, 5.74) is -6.42. The Kier molecular flexibility index (Phi) is 10.8. The Morgan fingerprint density at radius 3 is 2.51 bits per heavy atom. The van der Waals surface area contributed by atoms with Crippen LogP contribution in [0, 0.1) is 80.8 Å². The zero-order valence-corrected chi connectivity index (χ0v) is 41.5. The van der Waals surface area contributed by atoms with Gasteiger partial charge in [0.25, 0.3) is 0 Å².